The minimum Gasteiger partial charge on any atom is -0.366 e. The summed E-state index contributed by atoms with van der Waals surface area (Å²) < 4.78 is 37.4. The van der Waals surface area contributed by atoms with Gasteiger partial charge in [0.05, 0.1) is 5.56 Å². The van der Waals surface area contributed by atoms with Crippen molar-refractivity contribution in [2.45, 2.75) is 6.18 Å². The standard InChI is InChI=1S/C14H10F3NO/c15-14(16,17)10-7-5-9(6-8-10)11-3-1-2-4-12(11)13(18)19/h1-8H,(H2,18,19). The van der Waals surface area contributed by atoms with Gasteiger partial charge in [-0.25, -0.2) is 0 Å². The molecule has 2 nitrogen and oxygen atoms in total. The summed E-state index contributed by atoms with van der Waals surface area (Å²) in [7, 11) is 0. The zero-order chi connectivity index (χ0) is 14.0. The van der Waals surface area contributed by atoms with Gasteiger partial charge in [-0.05, 0) is 29.3 Å². The maximum absolute atomic E-state index is 12.5. The number of hydrogen-bond acceptors (Lipinski definition) is 1. The van der Waals surface area contributed by atoms with Gasteiger partial charge in [0.2, 0.25) is 5.91 Å². The average Bonchev–Trinajstić information content (AvgIpc) is 2.38. The molecule has 2 rings (SSSR count). The predicted octanol–water partition coefficient (Wildman–Crippen LogP) is 3.47. The zero-order valence-electron chi connectivity index (χ0n) is 9.74. The number of amides is 1. The first-order valence-corrected chi connectivity index (χ1v) is 5.46. The smallest absolute Gasteiger partial charge is 0.366 e. The van der Waals surface area contributed by atoms with E-state index in [1.807, 2.05) is 0 Å². The topological polar surface area (TPSA) is 43.1 Å². The van der Waals surface area contributed by atoms with Crippen LogP contribution in [0.15, 0.2) is 48.5 Å². The molecule has 2 N–H and O–H groups in total. The molecular formula is C14H10F3NO. The molecule has 19 heavy (non-hydrogen) atoms. The van der Waals surface area contributed by atoms with E-state index in [1.54, 1.807) is 18.2 Å². The molecule has 0 unspecified atom stereocenters. The van der Waals surface area contributed by atoms with E-state index in [9.17, 15) is 18.0 Å². The number of primary amides is 1. The molecule has 0 aromatic heterocycles. The van der Waals surface area contributed by atoms with Crippen molar-refractivity contribution in [3.63, 3.8) is 0 Å². The molecule has 2 aromatic rings. The van der Waals surface area contributed by atoms with Gasteiger partial charge in [0, 0.05) is 5.56 Å². The van der Waals surface area contributed by atoms with E-state index in [2.05, 4.69) is 0 Å². The van der Waals surface area contributed by atoms with E-state index >= 15 is 0 Å². The van der Waals surface area contributed by atoms with Crippen molar-refractivity contribution in [3.8, 4) is 11.1 Å². The molecule has 0 bridgehead atoms. The van der Waals surface area contributed by atoms with E-state index in [0.717, 1.165) is 12.1 Å². The number of benzene rings is 2. The maximum atomic E-state index is 12.5. The van der Waals surface area contributed by atoms with Crippen LogP contribution in [0.25, 0.3) is 11.1 Å². The molecule has 0 aliphatic rings. The van der Waals surface area contributed by atoms with Gasteiger partial charge in [-0.3, -0.25) is 4.79 Å². The second kappa shape index (κ2) is 4.76. The van der Waals surface area contributed by atoms with Crippen LogP contribution in [0.4, 0.5) is 13.2 Å². The number of nitrogens with two attached hydrogens (primary N) is 1. The highest BCUT2D eigenvalue weighted by Crippen LogP contribution is 2.31. The third-order valence-corrected chi connectivity index (χ3v) is 2.72. The van der Waals surface area contributed by atoms with Crippen LogP contribution in [0.2, 0.25) is 0 Å². The number of carbonyl (C=O) groups is 1. The van der Waals surface area contributed by atoms with Crippen LogP contribution in [0.1, 0.15) is 15.9 Å². The molecule has 0 radical (unpaired) electrons. The fourth-order valence-electron chi connectivity index (χ4n) is 1.79. The van der Waals surface area contributed by atoms with Crippen LogP contribution in [-0.4, -0.2) is 5.91 Å². The van der Waals surface area contributed by atoms with Crippen molar-refractivity contribution in [3.05, 3.63) is 59.7 Å². The van der Waals surface area contributed by atoms with Gasteiger partial charge in [0.15, 0.2) is 0 Å². The number of alkyl halides is 3. The molecule has 2 aromatic carbocycles. The molecule has 0 fully saturated rings. The molecule has 1 amide bonds. The number of hydrogen-bond donors (Lipinski definition) is 1. The molecule has 0 aliphatic carbocycles. The Hall–Kier alpha value is -2.30. The first-order chi connectivity index (χ1) is 8.89. The number of rotatable bonds is 2. The van der Waals surface area contributed by atoms with Gasteiger partial charge in [-0.15, -0.1) is 0 Å². The minimum absolute atomic E-state index is 0.280. The maximum Gasteiger partial charge on any atom is 0.416 e. The van der Waals surface area contributed by atoms with Crippen LogP contribution in [0, 0.1) is 0 Å². The monoisotopic (exact) mass is 265 g/mol. The molecule has 0 atom stereocenters. The fourth-order valence-corrected chi connectivity index (χ4v) is 1.79. The lowest BCUT2D eigenvalue weighted by Gasteiger charge is -2.09. The molecule has 0 saturated carbocycles. The van der Waals surface area contributed by atoms with Gasteiger partial charge in [0.25, 0.3) is 0 Å². The van der Waals surface area contributed by atoms with Crippen LogP contribution in [-0.2, 0) is 6.18 Å². The lowest BCUT2D eigenvalue weighted by molar-refractivity contribution is -0.137. The summed E-state index contributed by atoms with van der Waals surface area (Å²) in [6, 6.07) is 11.1. The highest BCUT2D eigenvalue weighted by Gasteiger charge is 2.30. The Morgan fingerprint density at radius 2 is 1.53 bits per heavy atom. The van der Waals surface area contributed by atoms with Crippen molar-refractivity contribution in [1.29, 1.82) is 0 Å². The Morgan fingerprint density at radius 1 is 0.947 bits per heavy atom. The Morgan fingerprint density at radius 3 is 2.05 bits per heavy atom. The van der Waals surface area contributed by atoms with E-state index in [1.165, 1.54) is 18.2 Å². The first-order valence-electron chi connectivity index (χ1n) is 5.46. The molecule has 5 heteroatoms. The third kappa shape index (κ3) is 2.76. The highest BCUT2D eigenvalue weighted by molar-refractivity contribution is 5.99. The Bertz CT molecular complexity index is 603. The fraction of sp³-hybridized carbons (Fsp3) is 0.0714. The van der Waals surface area contributed by atoms with Crippen LogP contribution in [0.3, 0.4) is 0 Å². The van der Waals surface area contributed by atoms with E-state index in [0.29, 0.717) is 11.1 Å². The predicted molar refractivity (Wildman–Crippen MR) is 65.4 cm³/mol. The zero-order valence-corrected chi connectivity index (χ0v) is 9.74. The van der Waals surface area contributed by atoms with Gasteiger partial charge in [-0.2, -0.15) is 13.2 Å². The molecular weight excluding hydrogens is 255 g/mol. The van der Waals surface area contributed by atoms with Crippen LogP contribution < -0.4 is 5.73 Å². The summed E-state index contributed by atoms with van der Waals surface area (Å²) in [5, 5.41) is 0. The third-order valence-electron chi connectivity index (χ3n) is 2.72. The van der Waals surface area contributed by atoms with Gasteiger partial charge >= 0.3 is 6.18 Å². The SMILES string of the molecule is NC(=O)c1ccccc1-c1ccc(C(F)(F)F)cc1. The second-order valence-electron chi connectivity index (χ2n) is 3.98. The largest absolute Gasteiger partial charge is 0.416 e. The Labute approximate surface area is 107 Å². The van der Waals surface area contributed by atoms with E-state index < -0.39 is 17.6 Å². The highest BCUT2D eigenvalue weighted by atomic mass is 19.4. The van der Waals surface area contributed by atoms with Crippen molar-refractivity contribution >= 4 is 5.91 Å². The van der Waals surface area contributed by atoms with E-state index in [-0.39, 0.29) is 5.56 Å². The quantitative estimate of drug-likeness (QED) is 0.887. The first kappa shape index (κ1) is 13.1. The van der Waals surface area contributed by atoms with Crippen LogP contribution >= 0.6 is 0 Å². The van der Waals surface area contributed by atoms with Crippen molar-refractivity contribution < 1.29 is 18.0 Å². The summed E-state index contributed by atoms with van der Waals surface area (Å²) in [5.41, 5.74) is 5.82. The van der Waals surface area contributed by atoms with Crippen molar-refractivity contribution in [2.75, 3.05) is 0 Å². The molecule has 0 saturated heterocycles. The van der Waals surface area contributed by atoms with Gasteiger partial charge in [-0.1, -0.05) is 30.3 Å². The summed E-state index contributed by atoms with van der Waals surface area (Å²) in [5.74, 6) is -0.615. The lowest BCUT2D eigenvalue weighted by atomic mass is 9.98. The molecule has 0 heterocycles. The Balaban J connectivity index is 2.46. The van der Waals surface area contributed by atoms with E-state index in [4.69, 9.17) is 5.73 Å². The van der Waals surface area contributed by atoms with Crippen molar-refractivity contribution in [2.24, 2.45) is 5.73 Å². The molecule has 0 aliphatic heterocycles. The van der Waals surface area contributed by atoms with Gasteiger partial charge in [0.1, 0.15) is 0 Å². The number of halogens is 3. The molecule has 98 valence electrons. The van der Waals surface area contributed by atoms with Crippen LogP contribution in [0.5, 0.6) is 0 Å². The summed E-state index contributed by atoms with van der Waals surface area (Å²) in [6.45, 7) is 0. The molecule has 0 spiro atoms. The lowest BCUT2D eigenvalue weighted by Crippen LogP contribution is -2.12. The van der Waals surface area contributed by atoms with Crippen molar-refractivity contribution in [1.82, 2.24) is 0 Å². The summed E-state index contributed by atoms with van der Waals surface area (Å²) in [4.78, 5) is 11.3. The van der Waals surface area contributed by atoms with Gasteiger partial charge < -0.3 is 5.73 Å². The minimum atomic E-state index is -4.37. The summed E-state index contributed by atoms with van der Waals surface area (Å²) >= 11 is 0. The average molecular weight is 265 g/mol. The normalized spacial score (nSPS) is 11.3. The second-order valence-corrected chi connectivity index (χ2v) is 3.98. The summed E-state index contributed by atoms with van der Waals surface area (Å²) in [6.07, 6.45) is -4.37. The Kier molecular flexibility index (Phi) is 3.29. The number of carbonyl (C=O) groups excluding carboxylic acids is 1.